The Morgan fingerprint density at radius 1 is 1.29 bits per heavy atom. The van der Waals surface area contributed by atoms with E-state index in [0.717, 1.165) is 0 Å². The highest BCUT2D eigenvalue weighted by Crippen LogP contribution is 2.23. The SMILES string of the molecule is COc1ccc(CC(N)COCC(F)(F)C(F)F)cc1F. The van der Waals surface area contributed by atoms with Gasteiger partial charge in [-0.05, 0) is 24.1 Å². The maximum absolute atomic E-state index is 13.4. The lowest BCUT2D eigenvalue weighted by atomic mass is 10.1. The first kappa shape index (κ1) is 17.6. The van der Waals surface area contributed by atoms with Crippen LogP contribution in [0.3, 0.4) is 0 Å². The molecular weight excluding hydrogens is 297 g/mol. The number of alkyl halides is 4. The van der Waals surface area contributed by atoms with Crippen LogP contribution in [-0.4, -0.2) is 38.7 Å². The van der Waals surface area contributed by atoms with Crippen molar-refractivity contribution in [1.82, 2.24) is 0 Å². The van der Waals surface area contributed by atoms with E-state index < -0.39 is 30.8 Å². The van der Waals surface area contributed by atoms with Gasteiger partial charge in [0, 0.05) is 6.04 Å². The van der Waals surface area contributed by atoms with Crippen molar-refractivity contribution in [3.63, 3.8) is 0 Å². The Labute approximate surface area is 118 Å². The summed E-state index contributed by atoms with van der Waals surface area (Å²) < 4.78 is 71.6. The monoisotopic (exact) mass is 313 g/mol. The van der Waals surface area contributed by atoms with Gasteiger partial charge in [-0.3, -0.25) is 0 Å². The van der Waals surface area contributed by atoms with Crippen molar-refractivity contribution in [3.8, 4) is 5.75 Å². The third kappa shape index (κ3) is 5.47. The molecule has 0 fully saturated rings. The highest BCUT2D eigenvalue weighted by Gasteiger charge is 2.41. The average Bonchev–Trinajstić information content (AvgIpc) is 2.38. The van der Waals surface area contributed by atoms with Crippen LogP contribution < -0.4 is 10.5 Å². The van der Waals surface area contributed by atoms with Crippen LogP contribution in [0.15, 0.2) is 18.2 Å². The summed E-state index contributed by atoms with van der Waals surface area (Å²) in [4.78, 5) is 0. The number of halogens is 5. The van der Waals surface area contributed by atoms with E-state index in [1.54, 1.807) is 6.07 Å². The summed E-state index contributed by atoms with van der Waals surface area (Å²) in [6.45, 7) is -1.74. The number of methoxy groups -OCH3 is 1. The minimum atomic E-state index is -4.20. The van der Waals surface area contributed by atoms with Gasteiger partial charge in [0.1, 0.15) is 6.61 Å². The van der Waals surface area contributed by atoms with Gasteiger partial charge in [0.05, 0.1) is 13.7 Å². The number of benzene rings is 1. The summed E-state index contributed by atoms with van der Waals surface area (Å²) >= 11 is 0. The van der Waals surface area contributed by atoms with Gasteiger partial charge in [0.15, 0.2) is 11.6 Å². The molecule has 1 aromatic carbocycles. The van der Waals surface area contributed by atoms with E-state index in [4.69, 9.17) is 10.5 Å². The fourth-order valence-electron chi connectivity index (χ4n) is 1.61. The van der Waals surface area contributed by atoms with E-state index in [0.29, 0.717) is 5.56 Å². The van der Waals surface area contributed by atoms with E-state index in [1.807, 2.05) is 0 Å². The van der Waals surface area contributed by atoms with Gasteiger partial charge in [-0.2, -0.15) is 8.78 Å². The van der Waals surface area contributed by atoms with E-state index in [1.165, 1.54) is 19.2 Å². The van der Waals surface area contributed by atoms with Crippen molar-refractivity contribution >= 4 is 0 Å². The first-order valence-electron chi connectivity index (χ1n) is 6.08. The summed E-state index contributed by atoms with van der Waals surface area (Å²) in [5.41, 5.74) is 6.14. The molecule has 0 radical (unpaired) electrons. The molecule has 1 unspecified atom stereocenters. The Balaban J connectivity index is 2.44. The summed E-state index contributed by atoms with van der Waals surface area (Å²) in [5.74, 6) is -4.71. The molecule has 0 aliphatic carbocycles. The average molecular weight is 313 g/mol. The van der Waals surface area contributed by atoms with Crippen LogP contribution in [0.1, 0.15) is 5.56 Å². The first-order valence-corrected chi connectivity index (χ1v) is 6.08. The van der Waals surface area contributed by atoms with Crippen LogP contribution in [0.4, 0.5) is 22.0 Å². The zero-order valence-corrected chi connectivity index (χ0v) is 11.3. The second-order valence-electron chi connectivity index (χ2n) is 4.51. The molecule has 1 aromatic rings. The van der Waals surface area contributed by atoms with Crippen LogP contribution in [0.2, 0.25) is 0 Å². The number of nitrogens with two attached hydrogens (primary N) is 1. The fraction of sp³-hybridized carbons (Fsp3) is 0.538. The smallest absolute Gasteiger partial charge is 0.330 e. The number of hydrogen-bond acceptors (Lipinski definition) is 3. The topological polar surface area (TPSA) is 44.5 Å². The molecule has 0 aromatic heterocycles. The minimum absolute atomic E-state index is 0.0696. The van der Waals surface area contributed by atoms with Crippen molar-refractivity contribution in [2.24, 2.45) is 5.73 Å². The number of hydrogen-bond donors (Lipinski definition) is 1. The first-order chi connectivity index (χ1) is 9.76. The molecule has 3 nitrogen and oxygen atoms in total. The second kappa shape index (κ2) is 7.56. The molecule has 0 saturated carbocycles. The fourth-order valence-corrected chi connectivity index (χ4v) is 1.61. The zero-order valence-electron chi connectivity index (χ0n) is 11.3. The predicted molar refractivity (Wildman–Crippen MR) is 66.4 cm³/mol. The van der Waals surface area contributed by atoms with Crippen molar-refractivity contribution in [2.75, 3.05) is 20.3 Å². The molecule has 21 heavy (non-hydrogen) atoms. The van der Waals surface area contributed by atoms with Crippen LogP contribution in [0.5, 0.6) is 5.75 Å². The zero-order chi connectivity index (χ0) is 16.0. The van der Waals surface area contributed by atoms with Gasteiger partial charge in [-0.1, -0.05) is 6.07 Å². The molecule has 2 N–H and O–H groups in total. The Kier molecular flexibility index (Phi) is 6.35. The highest BCUT2D eigenvalue weighted by molar-refractivity contribution is 5.29. The Bertz CT molecular complexity index is 456. The standard InChI is InChI=1S/C13H16F5NO2/c1-20-11-3-2-8(5-10(11)14)4-9(19)6-21-7-13(17,18)12(15)16/h2-3,5,9,12H,4,6-7,19H2,1H3. The van der Waals surface area contributed by atoms with Gasteiger partial charge in [0.25, 0.3) is 0 Å². The molecule has 0 saturated heterocycles. The van der Waals surface area contributed by atoms with E-state index >= 15 is 0 Å². The second-order valence-corrected chi connectivity index (χ2v) is 4.51. The van der Waals surface area contributed by atoms with Crippen molar-refractivity contribution < 1.29 is 31.4 Å². The van der Waals surface area contributed by atoms with E-state index in [-0.39, 0.29) is 18.8 Å². The van der Waals surface area contributed by atoms with Crippen LogP contribution in [-0.2, 0) is 11.2 Å². The lowest BCUT2D eigenvalue weighted by Crippen LogP contribution is -2.36. The molecule has 0 bridgehead atoms. The highest BCUT2D eigenvalue weighted by atomic mass is 19.3. The lowest BCUT2D eigenvalue weighted by Gasteiger charge is -2.17. The van der Waals surface area contributed by atoms with Gasteiger partial charge < -0.3 is 15.2 Å². The van der Waals surface area contributed by atoms with Crippen LogP contribution >= 0.6 is 0 Å². The van der Waals surface area contributed by atoms with Gasteiger partial charge in [0.2, 0.25) is 0 Å². The summed E-state index contributed by atoms with van der Waals surface area (Å²) in [6, 6.07) is 3.46. The third-order valence-corrected chi connectivity index (χ3v) is 2.66. The van der Waals surface area contributed by atoms with Crippen molar-refractivity contribution in [3.05, 3.63) is 29.6 Å². The Morgan fingerprint density at radius 2 is 1.95 bits per heavy atom. The molecule has 8 heteroatoms. The number of rotatable bonds is 8. The predicted octanol–water partition coefficient (Wildman–Crippen LogP) is 2.62. The minimum Gasteiger partial charge on any atom is -0.494 e. The maximum Gasteiger partial charge on any atom is 0.330 e. The summed E-state index contributed by atoms with van der Waals surface area (Å²) in [6.07, 6.45) is -3.63. The lowest BCUT2D eigenvalue weighted by molar-refractivity contribution is -0.166. The molecule has 1 atom stereocenters. The normalized spacial score (nSPS) is 13.5. The summed E-state index contributed by atoms with van der Waals surface area (Å²) in [5, 5.41) is 0. The quantitative estimate of drug-likeness (QED) is 0.750. The number of ether oxygens (including phenoxy) is 2. The summed E-state index contributed by atoms with van der Waals surface area (Å²) in [7, 11) is 1.32. The van der Waals surface area contributed by atoms with E-state index in [2.05, 4.69) is 4.74 Å². The molecule has 0 amide bonds. The third-order valence-electron chi connectivity index (χ3n) is 2.66. The molecule has 0 aliphatic heterocycles. The van der Waals surface area contributed by atoms with Crippen molar-refractivity contribution in [2.45, 2.75) is 24.8 Å². The van der Waals surface area contributed by atoms with E-state index in [9.17, 15) is 22.0 Å². The molecule has 1 rings (SSSR count). The Morgan fingerprint density at radius 3 is 2.48 bits per heavy atom. The molecule has 0 aliphatic rings. The van der Waals surface area contributed by atoms with Crippen molar-refractivity contribution in [1.29, 1.82) is 0 Å². The molecule has 120 valence electrons. The largest absolute Gasteiger partial charge is 0.494 e. The van der Waals surface area contributed by atoms with Gasteiger partial charge in [-0.15, -0.1) is 0 Å². The molecular formula is C13H16F5NO2. The Hall–Kier alpha value is -1.41. The molecule has 0 heterocycles. The van der Waals surface area contributed by atoms with Gasteiger partial charge in [-0.25, -0.2) is 13.2 Å². The van der Waals surface area contributed by atoms with Crippen LogP contribution in [0.25, 0.3) is 0 Å². The van der Waals surface area contributed by atoms with Crippen LogP contribution in [0, 0.1) is 5.82 Å². The maximum atomic E-state index is 13.4. The molecule has 0 spiro atoms. The van der Waals surface area contributed by atoms with Gasteiger partial charge >= 0.3 is 12.3 Å².